The third-order valence-electron chi connectivity index (χ3n) is 6.97. The Morgan fingerprint density at radius 1 is 1.10 bits per heavy atom. The van der Waals surface area contributed by atoms with Crippen molar-refractivity contribution in [2.24, 2.45) is 11.8 Å². The van der Waals surface area contributed by atoms with E-state index in [-0.39, 0.29) is 49.1 Å². The minimum Gasteiger partial charge on any atom is -0.497 e. The highest BCUT2D eigenvalue weighted by Gasteiger charge is 2.44. The zero-order valence-electron chi connectivity index (χ0n) is 22.6. The number of methoxy groups -OCH3 is 1. The van der Waals surface area contributed by atoms with Gasteiger partial charge in [0.2, 0.25) is 10.0 Å². The number of ether oxygens (including phenoxy) is 4. The number of alkyl carbamates (subject to hydrolysis) is 1. The van der Waals surface area contributed by atoms with Gasteiger partial charge in [-0.05, 0) is 48.6 Å². The van der Waals surface area contributed by atoms with Crippen molar-refractivity contribution in [2.75, 3.05) is 33.4 Å². The summed E-state index contributed by atoms with van der Waals surface area (Å²) in [5.41, 5.74) is 0.878. The van der Waals surface area contributed by atoms with E-state index in [1.807, 2.05) is 44.2 Å². The van der Waals surface area contributed by atoms with Crippen molar-refractivity contribution in [3.05, 3.63) is 60.2 Å². The van der Waals surface area contributed by atoms with Gasteiger partial charge in [0, 0.05) is 13.1 Å². The number of carbonyl (C=O) groups excluding carboxylic acids is 1. The highest BCUT2D eigenvalue weighted by molar-refractivity contribution is 7.89. The maximum atomic E-state index is 13.6. The van der Waals surface area contributed by atoms with E-state index in [9.17, 15) is 18.3 Å². The molecule has 0 radical (unpaired) electrons. The number of rotatable bonds is 12. The van der Waals surface area contributed by atoms with E-state index in [0.29, 0.717) is 12.4 Å². The van der Waals surface area contributed by atoms with Gasteiger partial charge < -0.3 is 29.4 Å². The number of amides is 1. The van der Waals surface area contributed by atoms with E-state index < -0.39 is 34.4 Å². The summed E-state index contributed by atoms with van der Waals surface area (Å²) in [7, 11) is -2.43. The number of hydrogen-bond acceptors (Lipinski definition) is 8. The largest absolute Gasteiger partial charge is 0.497 e. The molecule has 0 bridgehead atoms. The lowest BCUT2D eigenvalue weighted by Crippen LogP contribution is -2.51. The van der Waals surface area contributed by atoms with Gasteiger partial charge in [-0.3, -0.25) is 0 Å². The van der Waals surface area contributed by atoms with E-state index in [4.69, 9.17) is 18.9 Å². The first-order chi connectivity index (χ1) is 18.7. The molecular formula is C28H38N2O8S. The molecule has 2 saturated heterocycles. The molecule has 2 aromatic carbocycles. The monoisotopic (exact) mass is 562 g/mol. The third kappa shape index (κ3) is 7.49. The van der Waals surface area contributed by atoms with Gasteiger partial charge in [0.25, 0.3) is 0 Å². The first kappa shape index (κ1) is 29.3. The molecule has 214 valence electrons. The van der Waals surface area contributed by atoms with E-state index in [1.54, 1.807) is 12.1 Å². The fraction of sp³-hybridized carbons (Fsp3) is 0.536. The SMILES string of the molecule is COc1ccc(S(=O)(=O)N(CC(C)C)C[C@@H](O)[C@H](Cc2ccccc2)NC(=O)O[C@H]2CO[C@H]3OCC[C@H]32)cc1. The van der Waals surface area contributed by atoms with Crippen molar-refractivity contribution in [1.82, 2.24) is 9.62 Å². The van der Waals surface area contributed by atoms with Gasteiger partial charge in [-0.15, -0.1) is 0 Å². The van der Waals surface area contributed by atoms with Crippen LogP contribution in [0.25, 0.3) is 0 Å². The van der Waals surface area contributed by atoms with Crippen LogP contribution in [-0.4, -0.2) is 81.9 Å². The zero-order valence-corrected chi connectivity index (χ0v) is 23.4. The van der Waals surface area contributed by atoms with E-state index in [1.165, 1.54) is 23.5 Å². The molecule has 5 atom stereocenters. The molecule has 2 heterocycles. The quantitative estimate of drug-likeness (QED) is 0.405. The lowest BCUT2D eigenvalue weighted by Gasteiger charge is -2.31. The second-order valence-electron chi connectivity index (χ2n) is 10.4. The Labute approximate surface area is 230 Å². The Balaban J connectivity index is 1.51. The van der Waals surface area contributed by atoms with Crippen LogP contribution in [0.3, 0.4) is 0 Å². The molecule has 0 aliphatic carbocycles. The summed E-state index contributed by atoms with van der Waals surface area (Å²) in [5.74, 6) is 0.516. The molecule has 1 amide bonds. The number of carbonyl (C=O) groups is 1. The second-order valence-corrected chi connectivity index (χ2v) is 12.3. The molecule has 10 nitrogen and oxygen atoms in total. The number of nitrogens with one attached hydrogen (secondary N) is 1. The second kappa shape index (κ2) is 13.1. The van der Waals surface area contributed by atoms with Crippen LogP contribution in [-0.2, 0) is 30.7 Å². The minimum absolute atomic E-state index is 0.000311. The van der Waals surface area contributed by atoms with Crippen molar-refractivity contribution in [3.63, 3.8) is 0 Å². The number of benzene rings is 2. The fourth-order valence-corrected chi connectivity index (χ4v) is 6.55. The summed E-state index contributed by atoms with van der Waals surface area (Å²) in [4.78, 5) is 13.0. The van der Waals surface area contributed by atoms with Crippen LogP contribution in [0.1, 0.15) is 25.8 Å². The Bertz CT molecular complexity index is 1180. The maximum Gasteiger partial charge on any atom is 0.407 e. The number of hydrogen-bond donors (Lipinski definition) is 2. The fourth-order valence-electron chi connectivity index (χ4n) is 4.93. The lowest BCUT2D eigenvalue weighted by atomic mass is 10.0. The van der Waals surface area contributed by atoms with Crippen LogP contribution >= 0.6 is 0 Å². The molecule has 11 heteroatoms. The van der Waals surface area contributed by atoms with E-state index in [2.05, 4.69) is 5.32 Å². The van der Waals surface area contributed by atoms with Crippen molar-refractivity contribution in [1.29, 1.82) is 0 Å². The summed E-state index contributed by atoms with van der Waals surface area (Å²) in [6.45, 7) is 4.59. The Hall–Kier alpha value is -2.70. The highest BCUT2D eigenvalue weighted by Crippen LogP contribution is 2.33. The minimum atomic E-state index is -3.94. The molecule has 2 aliphatic heterocycles. The van der Waals surface area contributed by atoms with Crippen LogP contribution in [0.5, 0.6) is 5.75 Å². The standard InChI is InChI=1S/C28H38N2O8S/c1-19(2)16-30(39(33,34)22-11-9-21(35-3)10-12-22)17-25(31)24(15-20-7-5-4-6-8-20)29-28(32)38-26-18-37-27-23(26)13-14-36-27/h4-12,19,23-27,31H,13-18H2,1-3H3,(H,29,32)/t23-,24-,25+,26-,27+/m0/s1. The van der Waals surface area contributed by atoms with Crippen molar-refractivity contribution < 1.29 is 37.3 Å². The van der Waals surface area contributed by atoms with Crippen LogP contribution in [0.4, 0.5) is 4.79 Å². The predicted molar refractivity (Wildman–Crippen MR) is 144 cm³/mol. The smallest absolute Gasteiger partial charge is 0.407 e. The summed E-state index contributed by atoms with van der Waals surface area (Å²) in [6.07, 6.45) is -1.69. The molecule has 2 aliphatic rings. The van der Waals surface area contributed by atoms with Crippen LogP contribution < -0.4 is 10.1 Å². The van der Waals surface area contributed by atoms with Gasteiger partial charge in [0.15, 0.2) is 6.29 Å². The molecule has 0 aromatic heterocycles. The predicted octanol–water partition coefficient (Wildman–Crippen LogP) is 2.80. The molecular weight excluding hydrogens is 524 g/mol. The molecule has 4 rings (SSSR count). The average Bonchev–Trinajstić information content (AvgIpc) is 3.53. The molecule has 0 spiro atoms. The van der Waals surface area contributed by atoms with Gasteiger partial charge in [-0.25, -0.2) is 13.2 Å². The van der Waals surface area contributed by atoms with Gasteiger partial charge in [0.1, 0.15) is 11.9 Å². The van der Waals surface area contributed by atoms with Crippen LogP contribution in [0.2, 0.25) is 0 Å². The van der Waals surface area contributed by atoms with E-state index >= 15 is 0 Å². The molecule has 2 aromatic rings. The normalized spacial score (nSPS) is 22.5. The van der Waals surface area contributed by atoms with Gasteiger partial charge in [-0.2, -0.15) is 4.31 Å². The number of nitrogens with zero attached hydrogens (tertiary/aromatic N) is 1. The number of aliphatic hydroxyl groups is 1. The first-order valence-corrected chi connectivity index (χ1v) is 14.7. The van der Waals surface area contributed by atoms with Crippen molar-refractivity contribution >= 4 is 16.1 Å². The zero-order chi connectivity index (χ0) is 28.0. The molecule has 39 heavy (non-hydrogen) atoms. The molecule has 2 N–H and O–H groups in total. The summed E-state index contributed by atoms with van der Waals surface area (Å²) in [6, 6.07) is 14.7. The van der Waals surface area contributed by atoms with Gasteiger partial charge in [-0.1, -0.05) is 44.2 Å². The number of sulfonamides is 1. The van der Waals surface area contributed by atoms with Crippen molar-refractivity contribution in [3.8, 4) is 5.75 Å². The Morgan fingerprint density at radius 3 is 2.49 bits per heavy atom. The first-order valence-electron chi connectivity index (χ1n) is 13.2. The molecule has 2 fully saturated rings. The average molecular weight is 563 g/mol. The third-order valence-corrected chi connectivity index (χ3v) is 8.81. The summed E-state index contributed by atoms with van der Waals surface area (Å²) in [5, 5.41) is 14.2. The van der Waals surface area contributed by atoms with Gasteiger partial charge >= 0.3 is 6.09 Å². The molecule has 0 saturated carbocycles. The van der Waals surface area contributed by atoms with E-state index in [0.717, 1.165) is 12.0 Å². The lowest BCUT2D eigenvalue weighted by molar-refractivity contribution is -0.0907. The van der Waals surface area contributed by atoms with Crippen LogP contribution in [0.15, 0.2) is 59.5 Å². The number of aliphatic hydroxyl groups excluding tert-OH is 1. The Kier molecular flexibility index (Phi) is 9.84. The molecule has 0 unspecified atom stereocenters. The summed E-state index contributed by atoms with van der Waals surface area (Å²) < 4.78 is 50.3. The Morgan fingerprint density at radius 2 is 1.82 bits per heavy atom. The number of fused-ring (bicyclic) bond motifs is 1. The van der Waals surface area contributed by atoms with Crippen LogP contribution in [0, 0.1) is 11.8 Å². The van der Waals surface area contributed by atoms with Gasteiger partial charge in [0.05, 0.1) is 43.3 Å². The summed E-state index contributed by atoms with van der Waals surface area (Å²) >= 11 is 0. The topological polar surface area (TPSA) is 124 Å². The highest BCUT2D eigenvalue weighted by atomic mass is 32.2. The maximum absolute atomic E-state index is 13.6. The van der Waals surface area contributed by atoms with Crippen molar-refractivity contribution in [2.45, 2.75) is 56.1 Å².